The molecule has 0 aromatic heterocycles. The zero-order valence-corrected chi connectivity index (χ0v) is 11.0. The number of carboxylic acid groups (broad SMARTS) is 1. The lowest BCUT2D eigenvalue weighted by atomic mass is 9.84. The van der Waals surface area contributed by atoms with Crippen LogP contribution < -0.4 is 0 Å². The maximum absolute atomic E-state index is 10.9. The Balaban J connectivity index is 2.22. The minimum Gasteiger partial charge on any atom is -0.481 e. The van der Waals surface area contributed by atoms with Crippen molar-refractivity contribution in [1.29, 1.82) is 0 Å². The summed E-state index contributed by atoms with van der Waals surface area (Å²) in [5.41, 5.74) is 3.52. The summed E-state index contributed by atoms with van der Waals surface area (Å²) in [5.74, 6) is -0.591. The second-order valence-electron chi connectivity index (χ2n) is 5.17. The van der Waals surface area contributed by atoms with Crippen molar-refractivity contribution in [3.8, 4) is 0 Å². The SMILES string of the molecule is CC1CCCC=C1c1ccc(C(C)C(=O)O)cc1. The van der Waals surface area contributed by atoms with Gasteiger partial charge in [0.15, 0.2) is 0 Å². The molecule has 1 aromatic carbocycles. The third-order valence-electron chi connectivity index (χ3n) is 3.85. The fourth-order valence-corrected chi connectivity index (χ4v) is 2.55. The molecule has 96 valence electrons. The molecule has 0 bridgehead atoms. The van der Waals surface area contributed by atoms with E-state index in [4.69, 9.17) is 5.11 Å². The average Bonchev–Trinajstić information content (AvgIpc) is 2.38. The van der Waals surface area contributed by atoms with Gasteiger partial charge in [-0.15, -0.1) is 0 Å². The van der Waals surface area contributed by atoms with Gasteiger partial charge in [0, 0.05) is 0 Å². The van der Waals surface area contributed by atoms with Crippen LogP contribution in [-0.4, -0.2) is 11.1 Å². The fraction of sp³-hybridized carbons (Fsp3) is 0.438. The molecule has 1 aliphatic rings. The quantitative estimate of drug-likeness (QED) is 0.870. The molecule has 0 heterocycles. The van der Waals surface area contributed by atoms with E-state index in [0.717, 1.165) is 12.0 Å². The Morgan fingerprint density at radius 2 is 2.00 bits per heavy atom. The predicted octanol–water partition coefficient (Wildman–Crippen LogP) is 4.08. The van der Waals surface area contributed by atoms with E-state index in [1.165, 1.54) is 24.0 Å². The van der Waals surface area contributed by atoms with Crippen LogP contribution in [0.1, 0.15) is 50.2 Å². The molecule has 1 aliphatic carbocycles. The van der Waals surface area contributed by atoms with Crippen molar-refractivity contribution in [1.82, 2.24) is 0 Å². The zero-order valence-electron chi connectivity index (χ0n) is 11.0. The van der Waals surface area contributed by atoms with Gasteiger partial charge in [0.1, 0.15) is 0 Å². The third kappa shape index (κ3) is 2.63. The van der Waals surface area contributed by atoms with Crippen molar-refractivity contribution in [2.45, 2.75) is 39.0 Å². The van der Waals surface area contributed by atoms with Gasteiger partial charge in [0.05, 0.1) is 5.92 Å². The minimum atomic E-state index is -0.770. The topological polar surface area (TPSA) is 37.3 Å². The summed E-state index contributed by atoms with van der Waals surface area (Å²) in [6.45, 7) is 3.98. The molecular formula is C16H20O2. The second-order valence-corrected chi connectivity index (χ2v) is 5.17. The summed E-state index contributed by atoms with van der Waals surface area (Å²) in [4.78, 5) is 10.9. The Morgan fingerprint density at radius 3 is 2.56 bits per heavy atom. The molecule has 0 saturated carbocycles. The molecule has 0 aliphatic heterocycles. The molecule has 1 N–H and O–H groups in total. The summed E-state index contributed by atoms with van der Waals surface area (Å²) in [7, 11) is 0. The Hall–Kier alpha value is -1.57. The highest BCUT2D eigenvalue weighted by atomic mass is 16.4. The summed E-state index contributed by atoms with van der Waals surface area (Å²) < 4.78 is 0. The fourth-order valence-electron chi connectivity index (χ4n) is 2.55. The van der Waals surface area contributed by atoms with Gasteiger partial charge in [-0.1, -0.05) is 37.3 Å². The van der Waals surface area contributed by atoms with E-state index in [0.29, 0.717) is 5.92 Å². The van der Waals surface area contributed by atoms with E-state index in [1.807, 2.05) is 12.1 Å². The van der Waals surface area contributed by atoms with Crippen molar-refractivity contribution in [2.75, 3.05) is 0 Å². The van der Waals surface area contributed by atoms with Gasteiger partial charge in [-0.05, 0) is 48.8 Å². The zero-order chi connectivity index (χ0) is 13.1. The highest BCUT2D eigenvalue weighted by Gasteiger charge is 2.16. The van der Waals surface area contributed by atoms with E-state index < -0.39 is 11.9 Å². The first kappa shape index (κ1) is 12.9. The third-order valence-corrected chi connectivity index (χ3v) is 3.85. The molecule has 2 heteroatoms. The number of rotatable bonds is 3. The minimum absolute atomic E-state index is 0.434. The van der Waals surface area contributed by atoms with Crippen LogP contribution in [-0.2, 0) is 4.79 Å². The van der Waals surface area contributed by atoms with Crippen LogP contribution >= 0.6 is 0 Å². The molecular weight excluding hydrogens is 224 g/mol. The molecule has 18 heavy (non-hydrogen) atoms. The smallest absolute Gasteiger partial charge is 0.310 e. The van der Waals surface area contributed by atoms with E-state index in [1.54, 1.807) is 6.92 Å². The van der Waals surface area contributed by atoms with Crippen LogP contribution in [0.3, 0.4) is 0 Å². The Bertz CT molecular complexity index is 456. The van der Waals surface area contributed by atoms with Crippen LogP contribution in [0.15, 0.2) is 30.3 Å². The molecule has 0 fully saturated rings. The first-order valence-electron chi connectivity index (χ1n) is 6.62. The summed E-state index contributed by atoms with van der Waals surface area (Å²) in [5, 5.41) is 8.98. The van der Waals surface area contributed by atoms with Crippen molar-refractivity contribution in [3.05, 3.63) is 41.5 Å². The van der Waals surface area contributed by atoms with Crippen molar-refractivity contribution in [2.24, 2.45) is 5.92 Å². The average molecular weight is 244 g/mol. The summed E-state index contributed by atoms with van der Waals surface area (Å²) in [6.07, 6.45) is 6.01. The Kier molecular flexibility index (Phi) is 3.85. The van der Waals surface area contributed by atoms with Crippen LogP contribution in [0.4, 0.5) is 0 Å². The number of aliphatic carboxylic acids is 1. The summed E-state index contributed by atoms with van der Waals surface area (Å²) >= 11 is 0. The number of carboxylic acids is 1. The standard InChI is InChI=1S/C16H20O2/c1-11-5-3-4-6-15(11)14-9-7-13(8-10-14)12(2)16(17)18/h6-12H,3-5H2,1-2H3,(H,17,18). The molecule has 2 rings (SSSR count). The van der Waals surface area contributed by atoms with Gasteiger partial charge >= 0.3 is 5.97 Å². The van der Waals surface area contributed by atoms with E-state index in [9.17, 15) is 4.79 Å². The maximum atomic E-state index is 10.9. The number of hydrogen-bond donors (Lipinski definition) is 1. The number of benzene rings is 1. The first-order valence-corrected chi connectivity index (χ1v) is 6.62. The lowest BCUT2D eigenvalue weighted by Crippen LogP contribution is -2.08. The van der Waals surface area contributed by atoms with Gasteiger partial charge in [-0.3, -0.25) is 4.79 Å². The largest absolute Gasteiger partial charge is 0.481 e. The van der Waals surface area contributed by atoms with Gasteiger partial charge in [-0.25, -0.2) is 0 Å². The highest BCUT2D eigenvalue weighted by Crippen LogP contribution is 2.32. The maximum Gasteiger partial charge on any atom is 0.310 e. The highest BCUT2D eigenvalue weighted by molar-refractivity contribution is 5.76. The normalized spacial score (nSPS) is 21.2. The molecule has 0 radical (unpaired) electrons. The number of hydrogen-bond acceptors (Lipinski definition) is 1. The molecule has 0 saturated heterocycles. The lowest BCUT2D eigenvalue weighted by Gasteiger charge is -2.21. The molecule has 1 aromatic rings. The van der Waals surface area contributed by atoms with Gasteiger partial charge in [0.2, 0.25) is 0 Å². The van der Waals surface area contributed by atoms with Crippen molar-refractivity contribution >= 4 is 11.5 Å². The monoisotopic (exact) mass is 244 g/mol. The molecule has 0 spiro atoms. The van der Waals surface area contributed by atoms with E-state index in [-0.39, 0.29) is 0 Å². The van der Waals surface area contributed by atoms with Crippen molar-refractivity contribution in [3.63, 3.8) is 0 Å². The van der Waals surface area contributed by atoms with Gasteiger partial charge < -0.3 is 5.11 Å². The van der Waals surface area contributed by atoms with E-state index >= 15 is 0 Å². The van der Waals surface area contributed by atoms with Crippen LogP contribution in [0.5, 0.6) is 0 Å². The Labute approximate surface area is 108 Å². The molecule has 2 unspecified atom stereocenters. The lowest BCUT2D eigenvalue weighted by molar-refractivity contribution is -0.138. The molecule has 2 atom stereocenters. The predicted molar refractivity (Wildman–Crippen MR) is 73.5 cm³/mol. The van der Waals surface area contributed by atoms with Crippen LogP contribution in [0, 0.1) is 5.92 Å². The van der Waals surface area contributed by atoms with E-state index in [2.05, 4.69) is 25.1 Å². The number of carbonyl (C=O) groups is 1. The number of allylic oxidation sites excluding steroid dienone is 2. The van der Waals surface area contributed by atoms with Crippen LogP contribution in [0.25, 0.3) is 5.57 Å². The van der Waals surface area contributed by atoms with Gasteiger partial charge in [0.25, 0.3) is 0 Å². The summed E-state index contributed by atoms with van der Waals surface area (Å²) in [6, 6.07) is 8.00. The van der Waals surface area contributed by atoms with Crippen LogP contribution in [0.2, 0.25) is 0 Å². The molecule has 2 nitrogen and oxygen atoms in total. The first-order chi connectivity index (χ1) is 8.59. The molecule has 0 amide bonds. The Morgan fingerprint density at radius 1 is 1.33 bits per heavy atom. The van der Waals surface area contributed by atoms with Gasteiger partial charge in [-0.2, -0.15) is 0 Å². The van der Waals surface area contributed by atoms with Crippen molar-refractivity contribution < 1.29 is 9.90 Å². The second kappa shape index (κ2) is 5.38.